The molecule has 0 unspecified atom stereocenters. The van der Waals surface area contributed by atoms with Crippen molar-refractivity contribution in [3.63, 3.8) is 0 Å². The van der Waals surface area contributed by atoms with Gasteiger partial charge >= 0.3 is 0 Å². The lowest BCUT2D eigenvalue weighted by molar-refractivity contribution is 0.0714. The van der Waals surface area contributed by atoms with Gasteiger partial charge in [-0.15, -0.1) is 11.3 Å². The summed E-state index contributed by atoms with van der Waals surface area (Å²) < 4.78 is 5.32. The van der Waals surface area contributed by atoms with Crippen LogP contribution in [0, 0.1) is 0 Å². The molecule has 0 saturated carbocycles. The second kappa shape index (κ2) is 7.55. The first-order valence-electron chi connectivity index (χ1n) is 8.51. The highest BCUT2D eigenvalue weighted by molar-refractivity contribution is 7.10. The molecular formula is C21H17ClN2O2S. The Hall–Kier alpha value is -2.63. The zero-order valence-corrected chi connectivity index (χ0v) is 16.2. The molecule has 6 heteroatoms. The normalized spacial score (nSPS) is 16.3. The predicted octanol–water partition coefficient (Wildman–Crippen LogP) is 5.40. The Morgan fingerprint density at radius 1 is 1.19 bits per heavy atom. The maximum Gasteiger partial charge on any atom is 0.276 e. The number of carbonyl (C=O) groups is 1. The molecule has 0 saturated heterocycles. The Morgan fingerprint density at radius 3 is 2.78 bits per heavy atom. The summed E-state index contributed by atoms with van der Waals surface area (Å²) in [5, 5.41) is 8.68. The van der Waals surface area contributed by atoms with Gasteiger partial charge in [-0.25, -0.2) is 5.01 Å². The highest BCUT2D eigenvalue weighted by Crippen LogP contribution is 2.37. The van der Waals surface area contributed by atoms with Crippen LogP contribution in [0.4, 0.5) is 0 Å². The molecule has 0 N–H and O–H groups in total. The standard InChI is InChI=1S/C21H17ClN2O2S/c1-26-15-7-4-6-14(12-15)18-13-19(20-10-5-11-27-20)24(23-18)21(25)16-8-2-3-9-17(16)22/h2-12,19H,13H2,1H3/t19-/m1/s1. The minimum absolute atomic E-state index is 0.144. The number of amides is 1. The highest BCUT2D eigenvalue weighted by Gasteiger charge is 2.35. The molecule has 1 amide bonds. The van der Waals surface area contributed by atoms with Gasteiger partial charge in [0.05, 0.1) is 29.4 Å². The Morgan fingerprint density at radius 2 is 2.04 bits per heavy atom. The van der Waals surface area contributed by atoms with Gasteiger partial charge in [0.2, 0.25) is 0 Å². The van der Waals surface area contributed by atoms with Crippen LogP contribution in [0.25, 0.3) is 0 Å². The highest BCUT2D eigenvalue weighted by atomic mass is 35.5. The average Bonchev–Trinajstić information content (AvgIpc) is 3.37. The molecule has 1 aliphatic rings. The van der Waals surface area contributed by atoms with Crippen molar-refractivity contribution in [1.29, 1.82) is 0 Å². The van der Waals surface area contributed by atoms with Crippen molar-refractivity contribution in [2.24, 2.45) is 5.10 Å². The van der Waals surface area contributed by atoms with Crippen LogP contribution in [0.2, 0.25) is 5.02 Å². The molecule has 0 fully saturated rings. The monoisotopic (exact) mass is 396 g/mol. The van der Waals surface area contributed by atoms with E-state index in [-0.39, 0.29) is 11.9 Å². The van der Waals surface area contributed by atoms with E-state index in [4.69, 9.17) is 16.3 Å². The van der Waals surface area contributed by atoms with Crippen LogP contribution in [0.1, 0.15) is 33.3 Å². The summed E-state index contributed by atoms with van der Waals surface area (Å²) in [6.45, 7) is 0. The summed E-state index contributed by atoms with van der Waals surface area (Å²) in [5.41, 5.74) is 2.26. The van der Waals surface area contributed by atoms with Gasteiger partial charge in [-0.1, -0.05) is 41.9 Å². The van der Waals surface area contributed by atoms with E-state index in [1.165, 1.54) is 0 Å². The zero-order chi connectivity index (χ0) is 18.8. The third-order valence-corrected chi connectivity index (χ3v) is 5.80. The molecule has 27 heavy (non-hydrogen) atoms. The van der Waals surface area contributed by atoms with Gasteiger partial charge in [-0.3, -0.25) is 4.79 Å². The summed E-state index contributed by atoms with van der Waals surface area (Å²) in [6, 6.07) is 18.7. The number of hydrogen-bond acceptors (Lipinski definition) is 4. The molecular weight excluding hydrogens is 380 g/mol. The van der Waals surface area contributed by atoms with Crippen LogP contribution in [-0.4, -0.2) is 23.7 Å². The van der Waals surface area contributed by atoms with Gasteiger partial charge in [0.15, 0.2) is 0 Å². The van der Waals surface area contributed by atoms with Crippen molar-refractivity contribution in [2.75, 3.05) is 7.11 Å². The number of halogens is 1. The number of thiophene rings is 1. The molecule has 136 valence electrons. The number of hydrazone groups is 1. The fourth-order valence-electron chi connectivity index (χ4n) is 3.14. The van der Waals surface area contributed by atoms with Gasteiger partial charge < -0.3 is 4.74 Å². The third kappa shape index (κ3) is 3.48. The van der Waals surface area contributed by atoms with Crippen molar-refractivity contribution >= 4 is 34.6 Å². The van der Waals surface area contributed by atoms with E-state index in [9.17, 15) is 4.79 Å². The van der Waals surface area contributed by atoms with Crippen LogP contribution < -0.4 is 4.74 Å². The second-order valence-electron chi connectivity index (χ2n) is 6.14. The van der Waals surface area contributed by atoms with E-state index in [1.54, 1.807) is 35.6 Å². The summed E-state index contributed by atoms with van der Waals surface area (Å²) in [5.74, 6) is 0.565. The first kappa shape index (κ1) is 17.8. The van der Waals surface area contributed by atoms with E-state index in [1.807, 2.05) is 53.9 Å². The molecule has 0 spiro atoms. The van der Waals surface area contributed by atoms with Crippen molar-refractivity contribution in [1.82, 2.24) is 5.01 Å². The maximum absolute atomic E-state index is 13.2. The summed E-state index contributed by atoms with van der Waals surface area (Å²) >= 11 is 7.87. The lowest BCUT2D eigenvalue weighted by Crippen LogP contribution is -2.26. The van der Waals surface area contributed by atoms with E-state index in [2.05, 4.69) is 5.10 Å². The number of carbonyl (C=O) groups excluding carboxylic acids is 1. The van der Waals surface area contributed by atoms with E-state index < -0.39 is 0 Å². The SMILES string of the molecule is COc1cccc(C2=NN(C(=O)c3ccccc3Cl)[C@@H](c3cccs3)C2)c1. The molecule has 2 aromatic carbocycles. The van der Waals surface area contributed by atoms with E-state index in [0.29, 0.717) is 17.0 Å². The molecule has 4 nitrogen and oxygen atoms in total. The number of benzene rings is 2. The van der Waals surface area contributed by atoms with Gasteiger partial charge in [0, 0.05) is 16.9 Å². The van der Waals surface area contributed by atoms with Gasteiger partial charge in [0.25, 0.3) is 5.91 Å². The van der Waals surface area contributed by atoms with Gasteiger partial charge in [0.1, 0.15) is 5.75 Å². The Bertz CT molecular complexity index is 1000. The second-order valence-corrected chi connectivity index (χ2v) is 7.53. The molecule has 4 rings (SSSR count). The lowest BCUT2D eigenvalue weighted by atomic mass is 10.0. The molecule has 2 heterocycles. The zero-order valence-electron chi connectivity index (χ0n) is 14.6. The van der Waals surface area contributed by atoms with Crippen molar-refractivity contribution < 1.29 is 9.53 Å². The lowest BCUT2D eigenvalue weighted by Gasteiger charge is -2.21. The number of nitrogens with zero attached hydrogens (tertiary/aromatic N) is 2. The smallest absolute Gasteiger partial charge is 0.276 e. The quantitative estimate of drug-likeness (QED) is 0.592. The van der Waals surface area contributed by atoms with E-state index >= 15 is 0 Å². The predicted molar refractivity (Wildman–Crippen MR) is 109 cm³/mol. The number of methoxy groups -OCH3 is 1. The molecule has 1 atom stereocenters. The Labute approximate surface area is 166 Å². The molecule has 1 aliphatic heterocycles. The average molecular weight is 397 g/mol. The molecule has 0 bridgehead atoms. The van der Waals surface area contributed by atoms with Crippen LogP contribution >= 0.6 is 22.9 Å². The molecule has 1 aromatic heterocycles. The van der Waals surface area contributed by atoms with Crippen molar-refractivity contribution in [3.8, 4) is 5.75 Å². The van der Waals surface area contributed by atoms with Gasteiger partial charge in [-0.2, -0.15) is 5.10 Å². The largest absolute Gasteiger partial charge is 0.497 e. The molecule has 0 radical (unpaired) electrons. The van der Waals surface area contributed by atoms with Crippen LogP contribution in [0.15, 0.2) is 71.1 Å². The molecule has 0 aliphatic carbocycles. The third-order valence-electron chi connectivity index (χ3n) is 4.50. The van der Waals surface area contributed by atoms with Crippen LogP contribution in [0.5, 0.6) is 5.75 Å². The Kier molecular flexibility index (Phi) is 4.97. The minimum atomic E-state index is -0.197. The first-order chi connectivity index (χ1) is 13.2. The summed E-state index contributed by atoms with van der Waals surface area (Å²) in [6.07, 6.45) is 0.643. The van der Waals surface area contributed by atoms with Crippen molar-refractivity contribution in [2.45, 2.75) is 12.5 Å². The first-order valence-corrected chi connectivity index (χ1v) is 9.76. The fourth-order valence-corrected chi connectivity index (χ4v) is 4.16. The fraction of sp³-hybridized carbons (Fsp3) is 0.143. The topological polar surface area (TPSA) is 41.9 Å². The number of ether oxygens (including phenoxy) is 1. The van der Waals surface area contributed by atoms with Crippen LogP contribution in [-0.2, 0) is 0 Å². The molecule has 3 aromatic rings. The van der Waals surface area contributed by atoms with Crippen LogP contribution in [0.3, 0.4) is 0 Å². The Balaban J connectivity index is 1.74. The summed E-state index contributed by atoms with van der Waals surface area (Å²) in [4.78, 5) is 14.3. The van der Waals surface area contributed by atoms with E-state index in [0.717, 1.165) is 21.9 Å². The number of rotatable bonds is 4. The summed E-state index contributed by atoms with van der Waals surface area (Å²) in [7, 11) is 1.64. The number of hydrogen-bond donors (Lipinski definition) is 0. The van der Waals surface area contributed by atoms with Gasteiger partial charge in [-0.05, 0) is 35.7 Å². The maximum atomic E-state index is 13.2. The minimum Gasteiger partial charge on any atom is -0.497 e. The van der Waals surface area contributed by atoms with Crippen molar-refractivity contribution in [3.05, 3.63) is 87.1 Å².